The van der Waals surface area contributed by atoms with Crippen LogP contribution in [0, 0.1) is 11.3 Å². The lowest BCUT2D eigenvalue weighted by atomic mass is 10.2. The van der Waals surface area contributed by atoms with Crippen LogP contribution in [0.3, 0.4) is 0 Å². The molecule has 6 nitrogen and oxygen atoms in total. The van der Waals surface area contributed by atoms with Gasteiger partial charge in [-0.25, -0.2) is 0 Å². The number of nitrogens with zero attached hydrogens (tertiary/aromatic N) is 4. The summed E-state index contributed by atoms with van der Waals surface area (Å²) in [7, 11) is 0. The average Bonchev–Trinajstić information content (AvgIpc) is 3.03. The lowest BCUT2D eigenvalue weighted by molar-refractivity contribution is -0.137. The third-order valence-electron chi connectivity index (χ3n) is 3.46. The van der Waals surface area contributed by atoms with E-state index in [0.717, 1.165) is 28.4 Å². The molecular formula is C16H8Cl2F3N5OS. The molecule has 0 radical (unpaired) electrons. The zero-order valence-electron chi connectivity index (χ0n) is 13.6. The molecule has 3 rings (SSSR count). The second kappa shape index (κ2) is 7.87. The van der Waals surface area contributed by atoms with Gasteiger partial charge in [-0.3, -0.25) is 9.20 Å². The second-order valence-electron chi connectivity index (χ2n) is 5.39. The van der Waals surface area contributed by atoms with Gasteiger partial charge in [-0.15, -0.1) is 10.2 Å². The fraction of sp³-hybridized carbons (Fsp3) is 0.125. The Kier molecular flexibility index (Phi) is 5.69. The maximum absolute atomic E-state index is 13.0. The van der Waals surface area contributed by atoms with Gasteiger partial charge in [0.25, 0.3) is 0 Å². The number of fused-ring (bicyclic) bond motifs is 1. The number of thioether (sulfide) groups is 1. The summed E-state index contributed by atoms with van der Waals surface area (Å²) in [6.07, 6.45) is -3.78. The molecule has 2 heterocycles. The summed E-state index contributed by atoms with van der Waals surface area (Å²) in [6.45, 7) is 0. The molecule has 0 saturated carbocycles. The first-order valence-corrected chi connectivity index (χ1v) is 9.17. The number of halogens is 5. The van der Waals surface area contributed by atoms with Gasteiger partial charge < -0.3 is 5.32 Å². The quantitative estimate of drug-likeness (QED) is 0.590. The molecule has 144 valence electrons. The summed E-state index contributed by atoms with van der Waals surface area (Å²) in [4.78, 5) is 12.2. The predicted octanol–water partition coefficient (Wildman–Crippen LogP) is 4.66. The third kappa shape index (κ3) is 4.32. The van der Waals surface area contributed by atoms with E-state index >= 15 is 0 Å². The lowest BCUT2D eigenvalue weighted by Gasteiger charge is -2.09. The zero-order chi connectivity index (χ0) is 20.5. The van der Waals surface area contributed by atoms with Crippen molar-refractivity contribution in [2.24, 2.45) is 0 Å². The molecule has 0 atom stereocenters. The Hall–Kier alpha value is -2.48. The Labute approximate surface area is 170 Å². The van der Waals surface area contributed by atoms with E-state index in [-0.39, 0.29) is 32.8 Å². The van der Waals surface area contributed by atoms with E-state index in [4.69, 9.17) is 28.5 Å². The number of carbonyl (C=O) groups excluding carboxylic acids is 1. The number of rotatable bonds is 4. The van der Waals surface area contributed by atoms with Crippen LogP contribution in [0.5, 0.6) is 0 Å². The highest BCUT2D eigenvalue weighted by Crippen LogP contribution is 2.33. The molecule has 1 N–H and O–H groups in total. The first-order chi connectivity index (χ1) is 13.2. The van der Waals surface area contributed by atoms with E-state index in [9.17, 15) is 18.0 Å². The summed E-state index contributed by atoms with van der Waals surface area (Å²) in [5.41, 5.74) is -0.473. The predicted molar refractivity (Wildman–Crippen MR) is 98.5 cm³/mol. The summed E-state index contributed by atoms with van der Waals surface area (Å²) in [5.74, 6) is -0.690. The van der Waals surface area contributed by atoms with Crippen molar-refractivity contribution in [2.75, 3.05) is 11.1 Å². The Morgan fingerprint density at radius 1 is 1.29 bits per heavy atom. The van der Waals surface area contributed by atoms with E-state index in [2.05, 4.69) is 15.5 Å². The van der Waals surface area contributed by atoms with E-state index in [1.54, 1.807) is 0 Å². The second-order valence-corrected chi connectivity index (χ2v) is 7.18. The third-order valence-corrected chi connectivity index (χ3v) is 4.92. The minimum Gasteiger partial charge on any atom is -0.324 e. The molecule has 0 fully saturated rings. The van der Waals surface area contributed by atoms with Crippen molar-refractivity contribution in [3.8, 4) is 6.07 Å². The Morgan fingerprint density at radius 2 is 2.04 bits per heavy atom. The van der Waals surface area contributed by atoms with Crippen LogP contribution in [0.1, 0.15) is 11.1 Å². The molecule has 12 heteroatoms. The highest BCUT2D eigenvalue weighted by Gasteiger charge is 2.32. The van der Waals surface area contributed by atoms with Crippen molar-refractivity contribution in [1.82, 2.24) is 14.6 Å². The number of nitriles is 1. The van der Waals surface area contributed by atoms with E-state index in [1.807, 2.05) is 6.07 Å². The lowest BCUT2D eigenvalue weighted by Crippen LogP contribution is -2.15. The number of anilines is 1. The summed E-state index contributed by atoms with van der Waals surface area (Å²) in [6, 6.07) is 7.07. The topological polar surface area (TPSA) is 83.1 Å². The molecule has 0 aliphatic carbocycles. The van der Waals surface area contributed by atoms with Crippen molar-refractivity contribution in [2.45, 2.75) is 11.3 Å². The smallest absolute Gasteiger partial charge is 0.324 e. The highest BCUT2D eigenvalue weighted by molar-refractivity contribution is 7.99. The number of hydrogen-bond acceptors (Lipinski definition) is 5. The van der Waals surface area contributed by atoms with E-state index < -0.39 is 17.6 Å². The normalized spacial score (nSPS) is 11.4. The average molecular weight is 446 g/mol. The molecule has 0 unspecified atom stereocenters. The SMILES string of the molecule is N#Cc1ccc(Cl)cc1NC(=O)CSc1nnc2c(Cl)cc(C(F)(F)F)cn12. The van der Waals surface area contributed by atoms with Crippen LogP contribution in [0.25, 0.3) is 5.65 Å². The van der Waals surface area contributed by atoms with Gasteiger partial charge in [0.1, 0.15) is 6.07 Å². The summed E-state index contributed by atoms with van der Waals surface area (Å²) < 4.78 is 40.0. The number of alkyl halides is 3. The van der Waals surface area contributed by atoms with Crippen molar-refractivity contribution in [3.63, 3.8) is 0 Å². The number of pyridine rings is 1. The zero-order valence-corrected chi connectivity index (χ0v) is 15.9. The van der Waals surface area contributed by atoms with Crippen LogP contribution < -0.4 is 5.32 Å². The van der Waals surface area contributed by atoms with Crippen LogP contribution in [0.15, 0.2) is 35.6 Å². The standard InChI is InChI=1S/C16H8Cl2F3N5OS/c17-10-2-1-8(5-22)12(4-10)23-13(27)7-28-15-25-24-14-11(18)3-9(6-26(14)15)16(19,20)21/h1-4,6H,7H2,(H,23,27). The Morgan fingerprint density at radius 3 is 2.71 bits per heavy atom. The monoisotopic (exact) mass is 445 g/mol. The first-order valence-electron chi connectivity index (χ1n) is 7.43. The van der Waals surface area contributed by atoms with Crippen molar-refractivity contribution in [3.05, 3.63) is 51.6 Å². The van der Waals surface area contributed by atoms with Crippen molar-refractivity contribution >= 4 is 52.2 Å². The van der Waals surface area contributed by atoms with Gasteiger partial charge in [-0.1, -0.05) is 35.0 Å². The van der Waals surface area contributed by atoms with Crippen LogP contribution >= 0.6 is 35.0 Å². The molecule has 3 aromatic rings. The largest absolute Gasteiger partial charge is 0.417 e. The highest BCUT2D eigenvalue weighted by atomic mass is 35.5. The number of nitrogens with one attached hydrogen (secondary N) is 1. The van der Waals surface area contributed by atoms with Crippen LogP contribution in [-0.2, 0) is 11.0 Å². The summed E-state index contributed by atoms with van der Waals surface area (Å²) in [5, 5.41) is 19.3. The van der Waals surface area contributed by atoms with Crippen molar-refractivity contribution in [1.29, 1.82) is 5.26 Å². The molecule has 1 amide bonds. The number of benzene rings is 1. The molecule has 0 aliphatic heterocycles. The van der Waals surface area contributed by atoms with Gasteiger partial charge in [-0.2, -0.15) is 18.4 Å². The van der Waals surface area contributed by atoms with E-state index in [0.29, 0.717) is 5.02 Å². The van der Waals surface area contributed by atoms with Crippen LogP contribution in [0.4, 0.5) is 18.9 Å². The number of amides is 1. The maximum Gasteiger partial charge on any atom is 0.417 e. The van der Waals surface area contributed by atoms with Gasteiger partial charge in [0, 0.05) is 11.2 Å². The van der Waals surface area contributed by atoms with Gasteiger partial charge in [-0.05, 0) is 24.3 Å². The molecular weight excluding hydrogens is 438 g/mol. The molecule has 0 spiro atoms. The Bertz CT molecular complexity index is 1110. The summed E-state index contributed by atoms with van der Waals surface area (Å²) >= 11 is 12.6. The number of aromatic nitrogens is 3. The van der Waals surface area contributed by atoms with Gasteiger partial charge in [0.2, 0.25) is 5.91 Å². The fourth-order valence-corrected chi connectivity index (χ4v) is 3.35. The fourth-order valence-electron chi connectivity index (χ4n) is 2.22. The maximum atomic E-state index is 13.0. The molecule has 1 aromatic carbocycles. The molecule has 0 saturated heterocycles. The molecule has 0 bridgehead atoms. The van der Waals surface area contributed by atoms with Gasteiger partial charge >= 0.3 is 6.18 Å². The first kappa shape index (κ1) is 20.3. The van der Waals surface area contributed by atoms with Gasteiger partial charge in [0.05, 0.1) is 27.6 Å². The van der Waals surface area contributed by atoms with E-state index in [1.165, 1.54) is 18.2 Å². The Balaban J connectivity index is 1.79. The molecule has 28 heavy (non-hydrogen) atoms. The molecule has 0 aliphatic rings. The van der Waals surface area contributed by atoms with Crippen LogP contribution in [0.2, 0.25) is 10.0 Å². The van der Waals surface area contributed by atoms with Crippen LogP contribution in [-0.4, -0.2) is 26.3 Å². The van der Waals surface area contributed by atoms with Gasteiger partial charge in [0.15, 0.2) is 10.8 Å². The molecule has 2 aromatic heterocycles. The number of carbonyl (C=O) groups is 1. The minimum absolute atomic E-state index is 0.0409. The minimum atomic E-state index is -4.60. The number of hydrogen-bond donors (Lipinski definition) is 1. The van der Waals surface area contributed by atoms with Crippen molar-refractivity contribution < 1.29 is 18.0 Å².